The van der Waals surface area contributed by atoms with Gasteiger partial charge in [-0.2, -0.15) is 0 Å². The Morgan fingerprint density at radius 1 is 1.53 bits per heavy atom. The van der Waals surface area contributed by atoms with Crippen LogP contribution in [-0.4, -0.2) is 24.2 Å². The molecular formula is C14H27NO2. The first-order valence-electron chi connectivity index (χ1n) is 6.86. The van der Waals surface area contributed by atoms with Crippen LogP contribution in [-0.2, 0) is 4.79 Å². The van der Waals surface area contributed by atoms with Crippen molar-refractivity contribution in [3.8, 4) is 0 Å². The van der Waals surface area contributed by atoms with Crippen LogP contribution < -0.4 is 5.32 Å². The van der Waals surface area contributed by atoms with E-state index >= 15 is 0 Å². The van der Waals surface area contributed by atoms with Gasteiger partial charge >= 0.3 is 0 Å². The van der Waals surface area contributed by atoms with Crippen LogP contribution in [0.2, 0.25) is 0 Å². The number of hydrogen-bond acceptors (Lipinski definition) is 2. The second kappa shape index (κ2) is 6.39. The van der Waals surface area contributed by atoms with Crippen molar-refractivity contribution in [3.63, 3.8) is 0 Å². The first-order chi connectivity index (χ1) is 7.97. The maximum absolute atomic E-state index is 12.0. The lowest BCUT2D eigenvalue weighted by molar-refractivity contribution is -0.127. The third kappa shape index (κ3) is 4.30. The van der Waals surface area contributed by atoms with Crippen molar-refractivity contribution < 1.29 is 9.90 Å². The second-order valence-electron chi connectivity index (χ2n) is 6.15. The normalized spacial score (nSPS) is 24.6. The molecule has 1 aliphatic rings. The predicted molar refractivity (Wildman–Crippen MR) is 69.6 cm³/mol. The first-order valence-corrected chi connectivity index (χ1v) is 6.86. The molecule has 1 rings (SSSR count). The van der Waals surface area contributed by atoms with E-state index in [0.717, 1.165) is 32.2 Å². The molecule has 2 N–H and O–H groups in total. The SMILES string of the molecule is CC(CO)CCCNC(=O)C1CCCC1(C)C. The van der Waals surface area contributed by atoms with Crippen LogP contribution in [0.5, 0.6) is 0 Å². The summed E-state index contributed by atoms with van der Waals surface area (Å²) in [5.41, 5.74) is 0.169. The van der Waals surface area contributed by atoms with E-state index in [1.54, 1.807) is 0 Å². The van der Waals surface area contributed by atoms with Crippen LogP contribution in [0.15, 0.2) is 0 Å². The molecule has 1 saturated carbocycles. The lowest BCUT2D eigenvalue weighted by Gasteiger charge is -2.25. The van der Waals surface area contributed by atoms with E-state index in [1.807, 2.05) is 6.92 Å². The summed E-state index contributed by atoms with van der Waals surface area (Å²) in [6.45, 7) is 7.40. The summed E-state index contributed by atoms with van der Waals surface area (Å²) in [6, 6.07) is 0. The molecule has 0 aromatic rings. The highest BCUT2D eigenvalue weighted by Gasteiger charge is 2.38. The van der Waals surface area contributed by atoms with Gasteiger partial charge in [0.05, 0.1) is 0 Å². The van der Waals surface area contributed by atoms with Gasteiger partial charge in [-0.3, -0.25) is 4.79 Å². The van der Waals surface area contributed by atoms with E-state index in [1.165, 1.54) is 6.42 Å². The number of aliphatic hydroxyl groups excluding tert-OH is 1. The number of carbonyl (C=O) groups excluding carboxylic acids is 1. The average Bonchev–Trinajstić information content (AvgIpc) is 2.63. The Kier molecular flexibility index (Phi) is 5.44. The average molecular weight is 241 g/mol. The Morgan fingerprint density at radius 2 is 2.24 bits per heavy atom. The van der Waals surface area contributed by atoms with Gasteiger partial charge in [0.1, 0.15) is 0 Å². The van der Waals surface area contributed by atoms with Gasteiger partial charge in [0.15, 0.2) is 0 Å². The highest BCUT2D eigenvalue weighted by Crippen LogP contribution is 2.42. The van der Waals surface area contributed by atoms with Crippen molar-refractivity contribution in [3.05, 3.63) is 0 Å². The van der Waals surface area contributed by atoms with E-state index in [2.05, 4.69) is 19.2 Å². The molecule has 0 aromatic heterocycles. The van der Waals surface area contributed by atoms with Gasteiger partial charge in [-0.25, -0.2) is 0 Å². The minimum atomic E-state index is 0.169. The zero-order chi connectivity index (χ0) is 12.9. The molecule has 0 aliphatic heterocycles. The van der Waals surface area contributed by atoms with E-state index in [9.17, 15) is 4.79 Å². The summed E-state index contributed by atoms with van der Waals surface area (Å²) in [5.74, 6) is 0.761. The van der Waals surface area contributed by atoms with Crippen molar-refractivity contribution in [2.75, 3.05) is 13.2 Å². The fourth-order valence-corrected chi connectivity index (χ4v) is 2.69. The van der Waals surface area contributed by atoms with Gasteiger partial charge in [0.2, 0.25) is 5.91 Å². The van der Waals surface area contributed by atoms with Crippen LogP contribution in [0.25, 0.3) is 0 Å². The number of rotatable bonds is 6. The third-order valence-electron chi connectivity index (χ3n) is 4.06. The first kappa shape index (κ1) is 14.5. The molecule has 0 spiro atoms. The largest absolute Gasteiger partial charge is 0.396 e. The van der Waals surface area contributed by atoms with Gasteiger partial charge in [0, 0.05) is 19.1 Å². The van der Waals surface area contributed by atoms with Crippen LogP contribution in [0, 0.1) is 17.3 Å². The van der Waals surface area contributed by atoms with Crippen molar-refractivity contribution in [2.24, 2.45) is 17.3 Å². The van der Waals surface area contributed by atoms with E-state index in [-0.39, 0.29) is 23.8 Å². The number of carbonyl (C=O) groups is 1. The molecule has 2 atom stereocenters. The molecule has 1 aliphatic carbocycles. The van der Waals surface area contributed by atoms with Crippen molar-refractivity contribution in [1.82, 2.24) is 5.32 Å². The molecule has 3 heteroatoms. The smallest absolute Gasteiger partial charge is 0.223 e. The third-order valence-corrected chi connectivity index (χ3v) is 4.06. The maximum Gasteiger partial charge on any atom is 0.223 e. The summed E-state index contributed by atoms with van der Waals surface area (Å²) in [5, 5.41) is 11.9. The molecule has 0 heterocycles. The zero-order valence-corrected chi connectivity index (χ0v) is 11.5. The molecular weight excluding hydrogens is 214 g/mol. The predicted octanol–water partition coefficient (Wildman–Crippen LogP) is 2.34. The van der Waals surface area contributed by atoms with E-state index < -0.39 is 0 Å². The number of aliphatic hydroxyl groups is 1. The Balaban J connectivity index is 2.21. The van der Waals surface area contributed by atoms with Gasteiger partial charge < -0.3 is 10.4 Å². The molecule has 0 radical (unpaired) electrons. The Bertz CT molecular complexity index is 251. The zero-order valence-electron chi connectivity index (χ0n) is 11.5. The fraction of sp³-hybridized carbons (Fsp3) is 0.929. The molecule has 100 valence electrons. The molecule has 1 amide bonds. The van der Waals surface area contributed by atoms with Crippen LogP contribution in [0.4, 0.5) is 0 Å². The molecule has 1 fully saturated rings. The summed E-state index contributed by atoms with van der Waals surface area (Å²) in [4.78, 5) is 12.0. The van der Waals surface area contributed by atoms with Crippen LogP contribution in [0.1, 0.15) is 52.9 Å². The topological polar surface area (TPSA) is 49.3 Å². The molecule has 3 nitrogen and oxygen atoms in total. The quantitative estimate of drug-likeness (QED) is 0.701. The summed E-state index contributed by atoms with van der Waals surface area (Å²) < 4.78 is 0. The highest BCUT2D eigenvalue weighted by molar-refractivity contribution is 5.79. The van der Waals surface area contributed by atoms with Crippen molar-refractivity contribution in [2.45, 2.75) is 52.9 Å². The van der Waals surface area contributed by atoms with E-state index in [0.29, 0.717) is 5.92 Å². The van der Waals surface area contributed by atoms with Crippen molar-refractivity contribution in [1.29, 1.82) is 0 Å². The van der Waals surface area contributed by atoms with Gasteiger partial charge in [-0.05, 0) is 37.0 Å². The summed E-state index contributed by atoms with van der Waals surface area (Å²) in [6.07, 6.45) is 5.30. The van der Waals surface area contributed by atoms with Gasteiger partial charge in [0.25, 0.3) is 0 Å². The molecule has 0 saturated heterocycles. The molecule has 17 heavy (non-hydrogen) atoms. The van der Waals surface area contributed by atoms with Crippen LogP contribution in [0.3, 0.4) is 0 Å². The highest BCUT2D eigenvalue weighted by atomic mass is 16.3. The molecule has 0 bridgehead atoms. The minimum Gasteiger partial charge on any atom is -0.396 e. The Labute approximate surface area is 105 Å². The lowest BCUT2D eigenvalue weighted by atomic mass is 9.81. The fourth-order valence-electron chi connectivity index (χ4n) is 2.69. The summed E-state index contributed by atoms with van der Waals surface area (Å²) >= 11 is 0. The van der Waals surface area contributed by atoms with Gasteiger partial charge in [-0.15, -0.1) is 0 Å². The van der Waals surface area contributed by atoms with Crippen LogP contribution >= 0.6 is 0 Å². The summed E-state index contributed by atoms with van der Waals surface area (Å²) in [7, 11) is 0. The standard InChI is InChI=1S/C14H27NO2/c1-11(10-16)6-5-9-15-13(17)12-7-4-8-14(12,2)3/h11-12,16H,4-10H2,1-3H3,(H,15,17). The van der Waals surface area contributed by atoms with Gasteiger partial charge in [-0.1, -0.05) is 27.2 Å². The number of hydrogen-bond donors (Lipinski definition) is 2. The molecule has 0 aromatic carbocycles. The maximum atomic E-state index is 12.0. The second-order valence-corrected chi connectivity index (χ2v) is 6.15. The number of amides is 1. The number of nitrogens with one attached hydrogen (secondary N) is 1. The Morgan fingerprint density at radius 3 is 2.76 bits per heavy atom. The monoisotopic (exact) mass is 241 g/mol. The lowest BCUT2D eigenvalue weighted by Crippen LogP contribution is -2.36. The van der Waals surface area contributed by atoms with E-state index in [4.69, 9.17) is 5.11 Å². The Hall–Kier alpha value is -0.570. The minimum absolute atomic E-state index is 0.169. The van der Waals surface area contributed by atoms with Crippen molar-refractivity contribution >= 4 is 5.91 Å². The molecule has 2 unspecified atom stereocenters.